The van der Waals surface area contributed by atoms with Crippen molar-refractivity contribution in [2.75, 3.05) is 41.5 Å². The number of carboxylic acid groups (broad SMARTS) is 1. The number of amides is 3. The molecule has 2 aromatic rings. The van der Waals surface area contributed by atoms with Crippen LogP contribution >= 0.6 is 0 Å². The first kappa shape index (κ1) is 37.4. The summed E-state index contributed by atoms with van der Waals surface area (Å²) in [6.07, 6.45) is 0.137. The number of likely N-dealkylation sites (N-methyl/N-ethyl adjacent to an activating group) is 1. The Labute approximate surface area is 275 Å². The number of carbonyl (C=O) groups excluding carboxylic acids is 3. The minimum absolute atomic E-state index is 0.135. The maximum Gasteiger partial charge on any atom is 0.408 e. The molecule has 2 fully saturated rings. The second kappa shape index (κ2) is 16.2. The summed E-state index contributed by atoms with van der Waals surface area (Å²) in [5.74, 6) is -2.43. The molecule has 0 heterocycles. The third-order valence-corrected chi connectivity index (χ3v) is 8.06. The zero-order valence-corrected chi connectivity index (χ0v) is 28.2. The average molecular weight is 658 g/mol. The summed E-state index contributed by atoms with van der Waals surface area (Å²) in [5.41, 5.74) is -1.03. The summed E-state index contributed by atoms with van der Waals surface area (Å²) in [5, 5.41) is 14.2. The van der Waals surface area contributed by atoms with Gasteiger partial charge in [-0.1, -0.05) is 60.7 Å². The molecule has 2 aliphatic rings. The molecule has 258 valence electrons. The molecule has 3 amide bonds. The van der Waals surface area contributed by atoms with Crippen molar-refractivity contribution in [3.8, 4) is 0 Å². The highest BCUT2D eigenvalue weighted by Gasteiger charge is 2.67. The van der Waals surface area contributed by atoms with Gasteiger partial charge in [-0.3, -0.25) is 24.1 Å². The fourth-order valence-corrected chi connectivity index (χ4v) is 5.15. The molecule has 4 rings (SSSR count). The number of hydrogen-bond donors (Lipinski definition) is 2. The van der Waals surface area contributed by atoms with Gasteiger partial charge in [-0.25, -0.2) is 14.9 Å². The molecule has 2 aliphatic carbocycles. The van der Waals surface area contributed by atoms with Crippen LogP contribution in [-0.2, 0) is 51.5 Å². The number of benzene rings is 2. The largest absolute Gasteiger partial charge is 0.480 e. The van der Waals surface area contributed by atoms with E-state index in [-0.39, 0.29) is 30.8 Å². The first-order valence-electron chi connectivity index (χ1n) is 15.3. The maximum atomic E-state index is 12.7. The zero-order chi connectivity index (χ0) is 34.8. The molecule has 0 unspecified atom stereocenters. The van der Waals surface area contributed by atoms with Gasteiger partial charge in [0.25, 0.3) is 11.8 Å². The van der Waals surface area contributed by atoms with Crippen LogP contribution in [0.25, 0.3) is 0 Å². The topological polar surface area (TPSA) is 153 Å². The number of hydrogen-bond acceptors (Lipinski definition) is 9. The zero-order valence-electron chi connectivity index (χ0n) is 28.2. The van der Waals surface area contributed by atoms with E-state index < -0.39 is 34.5 Å². The number of alkyl carbamates (subject to hydrolysis) is 1. The number of hydroxylamine groups is 4. The summed E-state index contributed by atoms with van der Waals surface area (Å²) >= 11 is 0. The van der Waals surface area contributed by atoms with Gasteiger partial charge < -0.3 is 24.6 Å². The number of aliphatic carboxylic acids is 1. The molecule has 47 heavy (non-hydrogen) atoms. The molecule has 0 spiro atoms. The Morgan fingerprint density at radius 1 is 0.787 bits per heavy atom. The van der Waals surface area contributed by atoms with Crippen LogP contribution in [0.1, 0.15) is 44.7 Å². The van der Waals surface area contributed by atoms with Crippen LogP contribution in [0.5, 0.6) is 0 Å². The first-order chi connectivity index (χ1) is 22.2. The Bertz CT molecular complexity index is 1350. The van der Waals surface area contributed by atoms with Crippen molar-refractivity contribution in [2.45, 2.75) is 58.0 Å². The lowest BCUT2D eigenvalue weighted by Crippen LogP contribution is -2.52. The van der Waals surface area contributed by atoms with Crippen molar-refractivity contribution in [3.63, 3.8) is 0 Å². The summed E-state index contributed by atoms with van der Waals surface area (Å²) in [6.45, 7) is 6.77. The van der Waals surface area contributed by atoms with Gasteiger partial charge >= 0.3 is 12.1 Å². The molecule has 0 saturated heterocycles. The Morgan fingerprint density at radius 3 is 1.70 bits per heavy atom. The SMILES string of the molecule is CON(C)C(=O)[C@]1(C(=O)O)C[C@H]1COCc1ccccc1.CON(C)C(=O)[C@]1(NC(=O)OC(C)(C)C)C[C@H]1COCc1ccccc1. The highest BCUT2D eigenvalue weighted by molar-refractivity contribution is 6.05. The number of carbonyl (C=O) groups is 4. The summed E-state index contributed by atoms with van der Waals surface area (Å²) < 4.78 is 16.6. The highest BCUT2D eigenvalue weighted by atomic mass is 16.7. The van der Waals surface area contributed by atoms with Crippen LogP contribution in [0, 0.1) is 17.3 Å². The lowest BCUT2D eigenvalue weighted by atomic mass is 10.0. The van der Waals surface area contributed by atoms with Crippen molar-refractivity contribution in [1.82, 2.24) is 15.4 Å². The van der Waals surface area contributed by atoms with Crippen LogP contribution in [-0.4, -0.2) is 91.8 Å². The predicted octanol–water partition coefficient (Wildman–Crippen LogP) is 3.82. The molecule has 2 saturated carbocycles. The van der Waals surface area contributed by atoms with Crippen molar-refractivity contribution in [3.05, 3.63) is 71.8 Å². The highest BCUT2D eigenvalue weighted by Crippen LogP contribution is 2.54. The Kier molecular flexibility index (Phi) is 12.9. The van der Waals surface area contributed by atoms with E-state index in [0.29, 0.717) is 26.2 Å². The van der Waals surface area contributed by atoms with Crippen LogP contribution in [0.15, 0.2) is 60.7 Å². The number of nitrogens with one attached hydrogen (secondary N) is 1. The Morgan fingerprint density at radius 2 is 1.26 bits per heavy atom. The van der Waals surface area contributed by atoms with Gasteiger partial charge in [-0.05, 0) is 44.7 Å². The number of nitrogens with zero attached hydrogens (tertiary/aromatic N) is 2. The molecule has 2 N–H and O–H groups in total. The quantitative estimate of drug-likeness (QED) is 0.227. The summed E-state index contributed by atoms with van der Waals surface area (Å²) in [7, 11) is 5.66. The molecule has 0 bridgehead atoms. The van der Waals surface area contributed by atoms with E-state index in [9.17, 15) is 24.3 Å². The second-order valence-electron chi connectivity index (χ2n) is 12.6. The molecule has 13 nitrogen and oxygen atoms in total. The molecule has 0 aromatic heterocycles. The lowest BCUT2D eigenvalue weighted by molar-refractivity contribution is -0.181. The lowest BCUT2D eigenvalue weighted by Gasteiger charge is -2.26. The van der Waals surface area contributed by atoms with Gasteiger partial charge in [0.15, 0.2) is 5.41 Å². The van der Waals surface area contributed by atoms with Gasteiger partial charge in [0.05, 0.1) is 40.6 Å². The minimum atomic E-state index is -1.40. The standard InChI is InChI=1S/C19H28N2O5.C15H19NO5/c1-18(2,3)26-17(23)20-19(16(22)21(4)24-5)11-15(19)13-25-12-14-9-7-6-8-10-14;1-16(20-2)13(17)15(14(18)19)8-12(15)10-21-9-11-6-4-3-5-7-11/h6-10,15H,11-13H2,1-5H3,(H,20,23);3-7,12H,8-10H2,1-2H3,(H,18,19)/t15-,19-;12-,15-/m00/s1. The molecule has 0 aliphatic heterocycles. The fraction of sp³-hybridized carbons (Fsp3) is 0.529. The average Bonchev–Trinajstić information content (AvgIpc) is 3.95. The van der Waals surface area contributed by atoms with E-state index in [1.54, 1.807) is 20.8 Å². The Balaban J connectivity index is 0.000000261. The van der Waals surface area contributed by atoms with E-state index in [0.717, 1.165) is 21.3 Å². The normalized spacial score (nSPS) is 22.6. The minimum Gasteiger partial charge on any atom is -0.480 e. The molecule has 13 heteroatoms. The number of ether oxygens (including phenoxy) is 3. The fourth-order valence-electron chi connectivity index (χ4n) is 5.15. The van der Waals surface area contributed by atoms with E-state index in [4.69, 9.17) is 23.9 Å². The molecule has 2 aromatic carbocycles. The van der Waals surface area contributed by atoms with Crippen molar-refractivity contribution in [1.29, 1.82) is 0 Å². The molecular formula is C34H47N3O10. The first-order valence-corrected chi connectivity index (χ1v) is 15.3. The van der Waals surface area contributed by atoms with Crippen molar-refractivity contribution < 1.29 is 48.2 Å². The van der Waals surface area contributed by atoms with E-state index >= 15 is 0 Å². The second-order valence-corrected chi connectivity index (χ2v) is 12.6. The van der Waals surface area contributed by atoms with Crippen LogP contribution < -0.4 is 5.32 Å². The van der Waals surface area contributed by atoms with E-state index in [1.165, 1.54) is 28.3 Å². The van der Waals surface area contributed by atoms with E-state index in [2.05, 4.69) is 5.32 Å². The van der Waals surface area contributed by atoms with Gasteiger partial charge in [-0.2, -0.15) is 0 Å². The van der Waals surface area contributed by atoms with Crippen LogP contribution in [0.2, 0.25) is 0 Å². The molecular weight excluding hydrogens is 610 g/mol. The van der Waals surface area contributed by atoms with Crippen molar-refractivity contribution in [2.24, 2.45) is 17.3 Å². The van der Waals surface area contributed by atoms with Gasteiger partial charge in [0, 0.05) is 25.9 Å². The van der Waals surface area contributed by atoms with Crippen LogP contribution in [0.3, 0.4) is 0 Å². The van der Waals surface area contributed by atoms with Crippen molar-refractivity contribution >= 4 is 23.9 Å². The van der Waals surface area contributed by atoms with Gasteiger partial charge in [0.1, 0.15) is 11.1 Å². The van der Waals surface area contributed by atoms with Gasteiger partial charge in [-0.15, -0.1) is 0 Å². The van der Waals surface area contributed by atoms with Crippen LogP contribution in [0.4, 0.5) is 4.79 Å². The molecule has 4 atom stereocenters. The Hall–Kier alpha value is -4.04. The summed E-state index contributed by atoms with van der Waals surface area (Å²) in [4.78, 5) is 58.2. The maximum absolute atomic E-state index is 12.7. The number of carboxylic acids is 1. The predicted molar refractivity (Wildman–Crippen MR) is 170 cm³/mol. The summed E-state index contributed by atoms with van der Waals surface area (Å²) in [6, 6.07) is 19.4. The smallest absolute Gasteiger partial charge is 0.408 e. The monoisotopic (exact) mass is 657 g/mol. The molecule has 0 radical (unpaired) electrons. The number of rotatable bonds is 14. The third kappa shape index (κ3) is 9.97. The van der Waals surface area contributed by atoms with E-state index in [1.807, 2.05) is 60.7 Å². The third-order valence-electron chi connectivity index (χ3n) is 8.06. The van der Waals surface area contributed by atoms with Gasteiger partial charge in [0.2, 0.25) is 0 Å².